The van der Waals surface area contributed by atoms with Crippen LogP contribution in [0.15, 0.2) is 66.7 Å². The van der Waals surface area contributed by atoms with Crippen LogP contribution in [-0.4, -0.2) is 11.7 Å². The second-order valence-electron chi connectivity index (χ2n) is 8.91. The molecule has 0 bridgehead atoms. The van der Waals surface area contributed by atoms with Crippen molar-refractivity contribution in [3.63, 3.8) is 0 Å². The van der Waals surface area contributed by atoms with Crippen molar-refractivity contribution in [2.45, 2.75) is 52.5 Å². The molecule has 170 valence electrons. The van der Waals surface area contributed by atoms with Gasteiger partial charge in [0, 0.05) is 21.4 Å². The van der Waals surface area contributed by atoms with Crippen molar-refractivity contribution in [2.75, 3.05) is 4.90 Å². The van der Waals surface area contributed by atoms with E-state index in [1.807, 2.05) is 35.2 Å². The van der Waals surface area contributed by atoms with Crippen LogP contribution in [0.25, 0.3) is 16.5 Å². The molecule has 33 heavy (non-hydrogen) atoms. The fourth-order valence-electron chi connectivity index (χ4n) is 4.42. The van der Waals surface area contributed by atoms with Crippen LogP contribution in [0.4, 0.5) is 5.69 Å². The summed E-state index contributed by atoms with van der Waals surface area (Å²) in [7, 11) is 0. The van der Waals surface area contributed by atoms with Gasteiger partial charge in [-0.15, -0.1) is 11.3 Å². The number of thiophene rings is 1. The van der Waals surface area contributed by atoms with E-state index in [0.29, 0.717) is 6.54 Å². The molecule has 0 saturated heterocycles. The van der Waals surface area contributed by atoms with Gasteiger partial charge < -0.3 is 4.90 Å². The predicted molar refractivity (Wildman–Crippen MR) is 138 cm³/mol. The van der Waals surface area contributed by atoms with Gasteiger partial charge in [-0.2, -0.15) is 0 Å². The number of benzene rings is 2. The van der Waals surface area contributed by atoms with Gasteiger partial charge in [0.15, 0.2) is 5.78 Å². The van der Waals surface area contributed by atoms with Crippen LogP contribution in [0.1, 0.15) is 55.0 Å². The lowest BCUT2D eigenvalue weighted by Gasteiger charge is -2.30. The van der Waals surface area contributed by atoms with Gasteiger partial charge in [0.2, 0.25) is 5.91 Å². The molecule has 1 aliphatic carbocycles. The fourth-order valence-corrected chi connectivity index (χ4v) is 5.30. The maximum atomic E-state index is 13.6. The third kappa shape index (κ3) is 6.08. The minimum atomic E-state index is 0.0107. The van der Waals surface area contributed by atoms with Crippen molar-refractivity contribution in [2.24, 2.45) is 5.92 Å². The summed E-state index contributed by atoms with van der Waals surface area (Å²) in [4.78, 5) is 29.5. The molecule has 0 radical (unpaired) electrons. The zero-order valence-electron chi connectivity index (χ0n) is 19.4. The Morgan fingerprint density at radius 1 is 1.00 bits per heavy atom. The monoisotopic (exact) mass is 457 g/mol. The van der Waals surface area contributed by atoms with Gasteiger partial charge in [0.1, 0.15) is 0 Å². The number of carbonyl (C=O) groups is 2. The van der Waals surface area contributed by atoms with Crippen LogP contribution < -0.4 is 4.90 Å². The van der Waals surface area contributed by atoms with Crippen LogP contribution in [0, 0.1) is 12.8 Å². The molecule has 3 aromatic rings. The minimum Gasteiger partial charge on any atom is -0.308 e. The molecule has 1 saturated carbocycles. The van der Waals surface area contributed by atoms with Crippen molar-refractivity contribution in [1.82, 2.24) is 0 Å². The summed E-state index contributed by atoms with van der Waals surface area (Å²) >= 11 is 1.79. The second-order valence-corrected chi connectivity index (χ2v) is 10.2. The summed E-state index contributed by atoms with van der Waals surface area (Å²) < 4.78 is 0. The van der Waals surface area contributed by atoms with Crippen LogP contribution in [-0.2, 0) is 16.1 Å². The number of allylic oxidation sites excluding steroid dienone is 1. The number of anilines is 1. The van der Waals surface area contributed by atoms with E-state index in [4.69, 9.17) is 0 Å². The number of aryl methyl sites for hydroxylation is 1. The molecule has 0 aliphatic heterocycles. The third-order valence-corrected chi connectivity index (χ3v) is 7.28. The number of rotatable bonds is 7. The van der Waals surface area contributed by atoms with E-state index in [0.717, 1.165) is 42.5 Å². The smallest absolute Gasteiger partial charge is 0.230 e. The zero-order valence-corrected chi connectivity index (χ0v) is 20.2. The Bertz CT molecular complexity index is 1140. The van der Waals surface area contributed by atoms with Gasteiger partial charge >= 0.3 is 0 Å². The number of ketones is 1. The molecular formula is C29H31NO2S. The molecule has 1 aromatic heterocycles. The molecule has 4 heteroatoms. The molecule has 1 fully saturated rings. The van der Waals surface area contributed by atoms with Crippen molar-refractivity contribution >= 4 is 34.8 Å². The lowest BCUT2D eigenvalue weighted by atomic mass is 9.88. The van der Waals surface area contributed by atoms with Crippen molar-refractivity contribution < 1.29 is 9.59 Å². The molecule has 1 heterocycles. The highest BCUT2D eigenvalue weighted by Gasteiger charge is 2.27. The summed E-state index contributed by atoms with van der Waals surface area (Å²) in [6.07, 6.45) is 8.79. The van der Waals surface area contributed by atoms with E-state index in [9.17, 15) is 9.59 Å². The summed E-state index contributed by atoms with van der Waals surface area (Å²) in [6, 6.07) is 20.8. The first-order valence-electron chi connectivity index (χ1n) is 11.8. The molecule has 0 unspecified atom stereocenters. The standard InChI is InChI=1S/C29H31NO2S/c1-21(31)11-13-23-7-6-10-27(19-23)30(29(32)26-8-4-3-5-9-26)20-24-14-16-25(17-15-24)28-18-12-22(2)33-28/h6-7,10-19,26H,3-5,8-9,20H2,1-2H3/b13-11+. The van der Waals surface area contributed by atoms with E-state index >= 15 is 0 Å². The first-order chi connectivity index (χ1) is 16.0. The SMILES string of the molecule is CC(=O)/C=C/c1cccc(N(Cc2ccc(-c3ccc(C)s3)cc2)C(=O)C2CCCCC2)c1. The molecule has 0 N–H and O–H groups in total. The highest BCUT2D eigenvalue weighted by Crippen LogP contribution is 2.31. The Balaban J connectivity index is 1.61. The third-order valence-electron chi connectivity index (χ3n) is 6.23. The zero-order chi connectivity index (χ0) is 23.2. The highest BCUT2D eigenvalue weighted by atomic mass is 32.1. The van der Waals surface area contributed by atoms with E-state index in [1.165, 1.54) is 21.7 Å². The lowest BCUT2D eigenvalue weighted by molar-refractivity contribution is -0.123. The quantitative estimate of drug-likeness (QED) is 0.346. The van der Waals surface area contributed by atoms with E-state index in [2.05, 4.69) is 43.3 Å². The van der Waals surface area contributed by atoms with Gasteiger partial charge in [-0.25, -0.2) is 0 Å². The normalized spacial score (nSPS) is 14.5. The van der Waals surface area contributed by atoms with Crippen LogP contribution >= 0.6 is 11.3 Å². The molecule has 4 rings (SSSR count). The maximum Gasteiger partial charge on any atom is 0.230 e. The number of hydrogen-bond donors (Lipinski definition) is 0. The van der Waals surface area contributed by atoms with E-state index in [-0.39, 0.29) is 17.6 Å². The second kappa shape index (κ2) is 10.8. The first-order valence-corrected chi connectivity index (χ1v) is 12.6. The highest BCUT2D eigenvalue weighted by molar-refractivity contribution is 7.15. The number of amides is 1. The van der Waals surface area contributed by atoms with Gasteiger partial charge in [-0.1, -0.05) is 61.7 Å². The first kappa shape index (κ1) is 23.2. The van der Waals surface area contributed by atoms with Crippen molar-refractivity contribution in [1.29, 1.82) is 0 Å². The Morgan fingerprint density at radius 2 is 1.76 bits per heavy atom. The summed E-state index contributed by atoms with van der Waals surface area (Å²) in [6.45, 7) is 4.20. The van der Waals surface area contributed by atoms with Crippen LogP contribution in [0.3, 0.4) is 0 Å². The van der Waals surface area contributed by atoms with Gasteiger partial charge in [0.05, 0.1) is 6.54 Å². The Hall–Kier alpha value is -2.98. The van der Waals surface area contributed by atoms with Gasteiger partial charge in [0.25, 0.3) is 0 Å². The molecule has 0 spiro atoms. The fraction of sp³-hybridized carbons (Fsp3) is 0.310. The summed E-state index contributed by atoms with van der Waals surface area (Å²) in [5.41, 5.74) is 4.13. The molecular weight excluding hydrogens is 426 g/mol. The molecule has 0 atom stereocenters. The van der Waals surface area contributed by atoms with E-state index < -0.39 is 0 Å². The maximum absolute atomic E-state index is 13.6. The Morgan fingerprint density at radius 3 is 2.42 bits per heavy atom. The number of carbonyl (C=O) groups excluding carboxylic acids is 2. The lowest BCUT2D eigenvalue weighted by Crippen LogP contribution is -2.36. The number of hydrogen-bond acceptors (Lipinski definition) is 3. The molecule has 2 aromatic carbocycles. The average Bonchev–Trinajstić information content (AvgIpc) is 3.28. The average molecular weight is 458 g/mol. The molecule has 1 aliphatic rings. The summed E-state index contributed by atoms with van der Waals surface area (Å²) in [5.74, 6) is 0.306. The predicted octanol–water partition coefficient (Wildman–Crippen LogP) is 7.44. The minimum absolute atomic E-state index is 0.0107. The summed E-state index contributed by atoms with van der Waals surface area (Å²) in [5, 5.41) is 0. The largest absolute Gasteiger partial charge is 0.308 e. The molecule has 1 amide bonds. The van der Waals surface area contributed by atoms with Gasteiger partial charge in [-0.3, -0.25) is 9.59 Å². The van der Waals surface area contributed by atoms with Crippen LogP contribution in [0.5, 0.6) is 0 Å². The Kier molecular flexibility index (Phi) is 7.56. The topological polar surface area (TPSA) is 37.4 Å². The van der Waals surface area contributed by atoms with Crippen molar-refractivity contribution in [3.05, 3.63) is 82.7 Å². The molecule has 3 nitrogen and oxygen atoms in total. The van der Waals surface area contributed by atoms with Crippen LogP contribution in [0.2, 0.25) is 0 Å². The number of nitrogens with zero attached hydrogens (tertiary/aromatic N) is 1. The Labute approximate surface area is 200 Å². The van der Waals surface area contributed by atoms with Gasteiger partial charge in [-0.05, 0) is 73.7 Å². The van der Waals surface area contributed by atoms with E-state index in [1.54, 1.807) is 24.3 Å². The van der Waals surface area contributed by atoms with Crippen molar-refractivity contribution in [3.8, 4) is 10.4 Å².